The highest BCUT2D eigenvalue weighted by molar-refractivity contribution is 6.30. The van der Waals surface area contributed by atoms with Crippen LogP contribution in [0.4, 0.5) is 0 Å². The highest BCUT2D eigenvalue weighted by atomic mass is 35.5. The van der Waals surface area contributed by atoms with Gasteiger partial charge in [-0.15, -0.1) is 0 Å². The minimum atomic E-state index is -0.102. The normalized spacial score (nSPS) is 16.4. The molecule has 3 rings (SSSR count). The molecule has 2 aromatic carbocycles. The van der Waals surface area contributed by atoms with Gasteiger partial charge in [-0.25, -0.2) is 0 Å². The van der Waals surface area contributed by atoms with Crippen molar-refractivity contribution in [1.82, 2.24) is 10.2 Å². The first-order valence-electron chi connectivity index (χ1n) is 10.3. The molecule has 30 heavy (non-hydrogen) atoms. The van der Waals surface area contributed by atoms with Gasteiger partial charge in [-0.2, -0.15) is 0 Å². The molecule has 1 aliphatic rings. The van der Waals surface area contributed by atoms with Crippen LogP contribution >= 0.6 is 23.2 Å². The van der Waals surface area contributed by atoms with Crippen LogP contribution in [0.5, 0.6) is 11.5 Å². The van der Waals surface area contributed by atoms with Crippen molar-refractivity contribution in [2.45, 2.75) is 19.8 Å². The summed E-state index contributed by atoms with van der Waals surface area (Å²) in [5.74, 6) is 1.90. The van der Waals surface area contributed by atoms with Gasteiger partial charge in [0.25, 0.3) is 5.91 Å². The van der Waals surface area contributed by atoms with E-state index >= 15 is 0 Å². The fourth-order valence-corrected chi connectivity index (χ4v) is 3.87. The lowest BCUT2D eigenvalue weighted by atomic mass is 10.1. The van der Waals surface area contributed by atoms with Gasteiger partial charge in [0, 0.05) is 29.7 Å². The highest BCUT2D eigenvalue weighted by Gasteiger charge is 2.22. The van der Waals surface area contributed by atoms with Crippen LogP contribution in [-0.2, 0) is 4.79 Å². The number of rotatable bonds is 10. The van der Waals surface area contributed by atoms with Gasteiger partial charge in [-0.3, -0.25) is 4.79 Å². The van der Waals surface area contributed by atoms with Crippen LogP contribution in [0.2, 0.25) is 10.0 Å². The molecular weight excluding hydrogens is 423 g/mol. The Morgan fingerprint density at radius 3 is 2.67 bits per heavy atom. The van der Waals surface area contributed by atoms with Gasteiger partial charge < -0.3 is 19.7 Å². The first-order chi connectivity index (χ1) is 14.5. The molecule has 2 aromatic rings. The lowest BCUT2D eigenvalue weighted by Crippen LogP contribution is -2.34. The Hall–Kier alpha value is -1.95. The minimum Gasteiger partial charge on any atom is -0.493 e. The Morgan fingerprint density at radius 1 is 1.13 bits per heavy atom. The van der Waals surface area contributed by atoms with E-state index in [1.165, 1.54) is 0 Å². The molecule has 1 unspecified atom stereocenters. The third-order valence-electron chi connectivity index (χ3n) is 5.15. The number of aryl methyl sites for hydroxylation is 1. The van der Waals surface area contributed by atoms with Crippen LogP contribution in [0, 0.1) is 12.8 Å². The lowest BCUT2D eigenvalue weighted by molar-refractivity contribution is -0.123. The number of carbonyl (C=O) groups excluding carboxylic acids is 1. The predicted molar refractivity (Wildman–Crippen MR) is 121 cm³/mol. The van der Waals surface area contributed by atoms with Gasteiger partial charge in [0.15, 0.2) is 6.61 Å². The minimum absolute atomic E-state index is 0.0134. The smallest absolute Gasteiger partial charge is 0.257 e. The second-order valence-corrected chi connectivity index (χ2v) is 8.49. The van der Waals surface area contributed by atoms with Crippen LogP contribution in [0.15, 0.2) is 42.5 Å². The summed E-state index contributed by atoms with van der Waals surface area (Å²) in [6.07, 6.45) is 2.06. The largest absolute Gasteiger partial charge is 0.493 e. The maximum atomic E-state index is 12.0. The Kier molecular flexibility index (Phi) is 8.67. The van der Waals surface area contributed by atoms with E-state index in [-0.39, 0.29) is 12.5 Å². The molecule has 1 atom stereocenters. The quantitative estimate of drug-likeness (QED) is 0.537. The molecule has 0 radical (unpaired) electrons. The van der Waals surface area contributed by atoms with Crippen LogP contribution in [-0.4, -0.2) is 50.2 Å². The van der Waals surface area contributed by atoms with Crippen molar-refractivity contribution in [2.75, 3.05) is 39.4 Å². The molecule has 0 aromatic heterocycles. The van der Waals surface area contributed by atoms with Crippen LogP contribution in [0.25, 0.3) is 0 Å². The summed E-state index contributed by atoms with van der Waals surface area (Å²) >= 11 is 11.8. The third-order valence-corrected chi connectivity index (χ3v) is 5.64. The maximum Gasteiger partial charge on any atom is 0.257 e. The van der Waals surface area contributed by atoms with E-state index in [4.69, 9.17) is 32.7 Å². The van der Waals surface area contributed by atoms with Crippen molar-refractivity contribution in [2.24, 2.45) is 5.92 Å². The summed E-state index contributed by atoms with van der Waals surface area (Å²) in [6, 6.07) is 12.7. The summed E-state index contributed by atoms with van der Waals surface area (Å²) in [5.41, 5.74) is 1.06. The molecule has 1 aliphatic heterocycles. The van der Waals surface area contributed by atoms with Crippen molar-refractivity contribution >= 4 is 29.1 Å². The monoisotopic (exact) mass is 450 g/mol. The van der Waals surface area contributed by atoms with Crippen molar-refractivity contribution < 1.29 is 14.3 Å². The fraction of sp³-hybridized carbons (Fsp3) is 0.435. The Morgan fingerprint density at radius 2 is 1.90 bits per heavy atom. The molecular formula is C23H28Cl2N2O3. The number of likely N-dealkylation sites (tertiary alicyclic amines) is 1. The molecule has 0 aliphatic carbocycles. The second-order valence-electron chi connectivity index (χ2n) is 7.61. The number of amides is 1. The van der Waals surface area contributed by atoms with Crippen molar-refractivity contribution in [1.29, 1.82) is 0 Å². The number of benzene rings is 2. The molecule has 1 saturated heterocycles. The zero-order valence-corrected chi connectivity index (χ0v) is 18.7. The standard InChI is InChI=1S/C23H28Cl2N2O3/c1-17-13-20(25)5-8-22(17)29-12-2-10-27-11-9-18(15-27)14-26-23(28)16-30-21-6-3-19(24)4-7-21/h3-8,13,18H,2,9-12,14-16H2,1H3,(H,26,28). The van der Waals surface area contributed by atoms with E-state index in [1.807, 2.05) is 25.1 Å². The molecule has 1 heterocycles. The highest BCUT2D eigenvalue weighted by Crippen LogP contribution is 2.22. The lowest BCUT2D eigenvalue weighted by Gasteiger charge is -2.17. The SMILES string of the molecule is Cc1cc(Cl)ccc1OCCCN1CCC(CNC(=O)COc2ccc(Cl)cc2)C1. The Labute approximate surface area is 188 Å². The van der Waals surface area contributed by atoms with E-state index in [0.717, 1.165) is 48.8 Å². The first kappa shape index (κ1) is 22.7. The van der Waals surface area contributed by atoms with Crippen molar-refractivity contribution in [3.05, 3.63) is 58.1 Å². The summed E-state index contributed by atoms with van der Waals surface area (Å²) in [5, 5.41) is 4.35. The average molecular weight is 451 g/mol. The predicted octanol–water partition coefficient (Wildman–Crippen LogP) is 4.59. The van der Waals surface area contributed by atoms with E-state index in [2.05, 4.69) is 10.2 Å². The zero-order chi connectivity index (χ0) is 21.3. The molecule has 0 spiro atoms. The number of ether oxygens (including phenoxy) is 2. The van der Waals surface area contributed by atoms with Gasteiger partial charge in [0.1, 0.15) is 11.5 Å². The summed E-state index contributed by atoms with van der Waals surface area (Å²) in [7, 11) is 0. The molecule has 5 nitrogen and oxygen atoms in total. The number of nitrogens with one attached hydrogen (secondary N) is 1. The molecule has 0 bridgehead atoms. The van der Waals surface area contributed by atoms with E-state index < -0.39 is 0 Å². The summed E-state index contributed by atoms with van der Waals surface area (Å²) in [4.78, 5) is 14.4. The van der Waals surface area contributed by atoms with Gasteiger partial charge in [-0.05, 0) is 80.3 Å². The van der Waals surface area contributed by atoms with Gasteiger partial charge in [0.05, 0.1) is 6.61 Å². The van der Waals surface area contributed by atoms with E-state index in [0.29, 0.717) is 29.8 Å². The van der Waals surface area contributed by atoms with Crippen molar-refractivity contribution in [3.8, 4) is 11.5 Å². The van der Waals surface area contributed by atoms with Gasteiger partial charge >= 0.3 is 0 Å². The summed E-state index contributed by atoms with van der Waals surface area (Å²) < 4.78 is 11.3. The molecule has 162 valence electrons. The Bertz CT molecular complexity index is 830. The molecule has 1 amide bonds. The number of halogens is 2. The summed E-state index contributed by atoms with van der Waals surface area (Å²) in [6.45, 7) is 6.43. The van der Waals surface area contributed by atoms with Crippen LogP contribution in [0.1, 0.15) is 18.4 Å². The van der Waals surface area contributed by atoms with Crippen LogP contribution in [0.3, 0.4) is 0 Å². The van der Waals surface area contributed by atoms with Gasteiger partial charge in [0.2, 0.25) is 0 Å². The average Bonchev–Trinajstić information content (AvgIpc) is 3.18. The topological polar surface area (TPSA) is 50.8 Å². The molecule has 1 N–H and O–H groups in total. The first-order valence-corrected chi connectivity index (χ1v) is 11.0. The number of hydrogen-bond donors (Lipinski definition) is 1. The molecule has 0 saturated carbocycles. The Balaban J connectivity index is 1.27. The molecule has 7 heteroatoms. The van der Waals surface area contributed by atoms with Crippen LogP contribution < -0.4 is 14.8 Å². The van der Waals surface area contributed by atoms with E-state index in [1.54, 1.807) is 24.3 Å². The third kappa shape index (κ3) is 7.38. The fourth-order valence-electron chi connectivity index (χ4n) is 3.52. The second kappa shape index (κ2) is 11.4. The number of hydrogen-bond acceptors (Lipinski definition) is 4. The van der Waals surface area contributed by atoms with E-state index in [9.17, 15) is 4.79 Å². The zero-order valence-electron chi connectivity index (χ0n) is 17.2. The molecule has 1 fully saturated rings. The number of carbonyl (C=O) groups is 1. The van der Waals surface area contributed by atoms with Crippen molar-refractivity contribution in [3.63, 3.8) is 0 Å². The van der Waals surface area contributed by atoms with Gasteiger partial charge in [-0.1, -0.05) is 23.2 Å². The number of nitrogens with zero attached hydrogens (tertiary/aromatic N) is 1. The maximum absolute atomic E-state index is 12.0.